The number of H-pyrrole nitrogens is 1. The third-order valence-electron chi connectivity index (χ3n) is 2.08. The number of benzene rings is 1. The van der Waals surface area contributed by atoms with Crippen LogP contribution in [0, 0.1) is 0 Å². The maximum atomic E-state index is 10.9. The first-order valence-electron chi connectivity index (χ1n) is 4.75. The molecule has 0 bridgehead atoms. The molecule has 5 nitrogen and oxygen atoms in total. The Balaban J connectivity index is 2.17. The van der Waals surface area contributed by atoms with Crippen LogP contribution in [0.4, 0.5) is 10.6 Å². The van der Waals surface area contributed by atoms with Crippen LogP contribution in [-0.2, 0) is 4.74 Å². The van der Waals surface area contributed by atoms with Gasteiger partial charge in [-0.1, -0.05) is 30.3 Å². The Bertz CT molecular complexity index is 479. The molecule has 0 saturated heterocycles. The van der Waals surface area contributed by atoms with Gasteiger partial charge in [0.05, 0.1) is 12.8 Å². The lowest BCUT2D eigenvalue weighted by Gasteiger charge is -1.97. The highest BCUT2D eigenvalue weighted by Gasteiger charge is 2.05. The third-order valence-corrected chi connectivity index (χ3v) is 2.08. The molecule has 0 saturated carbocycles. The largest absolute Gasteiger partial charge is 0.453 e. The summed E-state index contributed by atoms with van der Waals surface area (Å²) >= 11 is 0. The number of hydrogen-bond acceptors (Lipinski definition) is 3. The minimum atomic E-state index is -0.536. The van der Waals surface area contributed by atoms with Gasteiger partial charge >= 0.3 is 6.09 Å². The summed E-state index contributed by atoms with van der Waals surface area (Å²) in [5.74, 6) is 0.436. The lowest BCUT2D eigenvalue weighted by atomic mass is 10.2. The van der Waals surface area contributed by atoms with E-state index in [0.29, 0.717) is 5.82 Å². The molecule has 1 aromatic carbocycles. The van der Waals surface area contributed by atoms with Gasteiger partial charge in [-0.05, 0) is 5.56 Å². The average molecular weight is 217 g/mol. The molecular formula is C11H11N3O2. The molecule has 0 atom stereocenters. The SMILES string of the molecule is COC(=O)Nc1cc(-c2ccccc2)[nH]n1. The lowest BCUT2D eigenvalue weighted by Crippen LogP contribution is -2.10. The Morgan fingerprint density at radius 2 is 2.12 bits per heavy atom. The molecule has 1 heterocycles. The van der Waals surface area contributed by atoms with Crippen LogP contribution in [0.5, 0.6) is 0 Å². The monoisotopic (exact) mass is 217 g/mol. The van der Waals surface area contributed by atoms with E-state index in [-0.39, 0.29) is 0 Å². The van der Waals surface area contributed by atoms with Crippen molar-refractivity contribution >= 4 is 11.9 Å². The number of aromatic amines is 1. The van der Waals surface area contributed by atoms with Crippen LogP contribution in [0.25, 0.3) is 11.3 Å². The number of carbonyl (C=O) groups is 1. The first-order valence-corrected chi connectivity index (χ1v) is 4.75. The summed E-state index contributed by atoms with van der Waals surface area (Å²) in [4.78, 5) is 10.9. The molecule has 0 aliphatic heterocycles. The van der Waals surface area contributed by atoms with E-state index in [4.69, 9.17) is 0 Å². The number of hydrogen-bond donors (Lipinski definition) is 2. The zero-order valence-electron chi connectivity index (χ0n) is 8.73. The molecule has 5 heteroatoms. The van der Waals surface area contributed by atoms with Crippen LogP contribution in [0.2, 0.25) is 0 Å². The van der Waals surface area contributed by atoms with Gasteiger partial charge in [0.2, 0.25) is 0 Å². The van der Waals surface area contributed by atoms with Crippen molar-refractivity contribution in [1.82, 2.24) is 10.2 Å². The van der Waals surface area contributed by atoms with Gasteiger partial charge in [0.25, 0.3) is 0 Å². The highest BCUT2D eigenvalue weighted by molar-refractivity contribution is 5.84. The molecular weight excluding hydrogens is 206 g/mol. The first kappa shape index (κ1) is 10.2. The average Bonchev–Trinajstić information content (AvgIpc) is 2.78. The number of methoxy groups -OCH3 is 1. The molecule has 1 aromatic heterocycles. The van der Waals surface area contributed by atoms with Crippen molar-refractivity contribution in [3.8, 4) is 11.3 Å². The van der Waals surface area contributed by atoms with Gasteiger partial charge in [-0.2, -0.15) is 5.10 Å². The molecule has 0 spiro atoms. The summed E-state index contributed by atoms with van der Waals surface area (Å²) in [5.41, 5.74) is 1.85. The maximum Gasteiger partial charge on any atom is 0.412 e. The van der Waals surface area contributed by atoms with Crippen molar-refractivity contribution < 1.29 is 9.53 Å². The minimum Gasteiger partial charge on any atom is -0.453 e. The van der Waals surface area contributed by atoms with Gasteiger partial charge in [0.1, 0.15) is 0 Å². The number of anilines is 1. The predicted molar refractivity (Wildman–Crippen MR) is 60.1 cm³/mol. The number of nitrogens with one attached hydrogen (secondary N) is 2. The van der Waals surface area contributed by atoms with Crippen molar-refractivity contribution in [2.24, 2.45) is 0 Å². The van der Waals surface area contributed by atoms with E-state index in [2.05, 4.69) is 20.3 Å². The zero-order valence-corrected chi connectivity index (χ0v) is 8.73. The zero-order chi connectivity index (χ0) is 11.4. The second kappa shape index (κ2) is 4.48. The number of rotatable bonds is 2. The highest BCUT2D eigenvalue weighted by atomic mass is 16.5. The van der Waals surface area contributed by atoms with Gasteiger partial charge in [-0.3, -0.25) is 10.4 Å². The van der Waals surface area contributed by atoms with Gasteiger partial charge < -0.3 is 4.74 Å². The molecule has 16 heavy (non-hydrogen) atoms. The molecule has 0 aliphatic carbocycles. The Hall–Kier alpha value is -2.30. The third kappa shape index (κ3) is 2.20. The molecule has 82 valence electrons. The summed E-state index contributed by atoms with van der Waals surface area (Å²) in [6, 6.07) is 11.5. The Morgan fingerprint density at radius 1 is 1.38 bits per heavy atom. The van der Waals surface area contributed by atoms with Crippen LogP contribution in [0.1, 0.15) is 0 Å². The second-order valence-electron chi connectivity index (χ2n) is 3.15. The maximum absolute atomic E-state index is 10.9. The number of amides is 1. The smallest absolute Gasteiger partial charge is 0.412 e. The quantitative estimate of drug-likeness (QED) is 0.810. The van der Waals surface area contributed by atoms with Gasteiger partial charge in [0.15, 0.2) is 5.82 Å². The van der Waals surface area contributed by atoms with Crippen LogP contribution < -0.4 is 5.32 Å². The molecule has 0 radical (unpaired) electrons. The highest BCUT2D eigenvalue weighted by Crippen LogP contribution is 2.18. The van der Waals surface area contributed by atoms with Crippen LogP contribution in [0.15, 0.2) is 36.4 Å². The summed E-state index contributed by atoms with van der Waals surface area (Å²) in [5, 5.41) is 9.25. The molecule has 0 aliphatic rings. The van der Waals surface area contributed by atoms with E-state index in [1.807, 2.05) is 30.3 Å². The summed E-state index contributed by atoms with van der Waals surface area (Å²) in [6.45, 7) is 0. The van der Waals surface area contributed by atoms with Crippen molar-refractivity contribution in [2.75, 3.05) is 12.4 Å². The summed E-state index contributed by atoms with van der Waals surface area (Å²) in [7, 11) is 1.31. The van der Waals surface area contributed by atoms with E-state index >= 15 is 0 Å². The Labute approximate surface area is 92.4 Å². The van der Waals surface area contributed by atoms with Crippen LogP contribution >= 0.6 is 0 Å². The molecule has 0 unspecified atom stereocenters. The predicted octanol–water partition coefficient (Wildman–Crippen LogP) is 2.25. The van der Waals surface area contributed by atoms with Crippen LogP contribution in [0.3, 0.4) is 0 Å². The summed E-state index contributed by atoms with van der Waals surface area (Å²) < 4.78 is 4.47. The molecule has 1 amide bonds. The van der Waals surface area contributed by atoms with E-state index < -0.39 is 6.09 Å². The Morgan fingerprint density at radius 3 is 2.81 bits per heavy atom. The van der Waals surface area contributed by atoms with E-state index in [9.17, 15) is 4.79 Å². The lowest BCUT2D eigenvalue weighted by molar-refractivity contribution is 0.187. The first-order chi connectivity index (χ1) is 7.79. The van der Waals surface area contributed by atoms with Crippen molar-refractivity contribution in [2.45, 2.75) is 0 Å². The van der Waals surface area contributed by atoms with Crippen molar-refractivity contribution in [3.05, 3.63) is 36.4 Å². The number of carbonyl (C=O) groups excluding carboxylic acids is 1. The molecule has 0 fully saturated rings. The molecule has 2 N–H and O–H groups in total. The van der Waals surface area contributed by atoms with E-state index in [1.54, 1.807) is 6.07 Å². The minimum absolute atomic E-state index is 0.436. The number of ether oxygens (including phenoxy) is 1. The Kier molecular flexibility index (Phi) is 2.86. The van der Waals surface area contributed by atoms with Crippen LogP contribution in [-0.4, -0.2) is 23.4 Å². The fraction of sp³-hybridized carbons (Fsp3) is 0.0909. The van der Waals surface area contributed by atoms with Crippen molar-refractivity contribution in [1.29, 1.82) is 0 Å². The van der Waals surface area contributed by atoms with E-state index in [0.717, 1.165) is 11.3 Å². The number of aromatic nitrogens is 2. The van der Waals surface area contributed by atoms with Gasteiger partial charge in [-0.15, -0.1) is 0 Å². The second-order valence-corrected chi connectivity index (χ2v) is 3.15. The van der Waals surface area contributed by atoms with Crippen molar-refractivity contribution in [3.63, 3.8) is 0 Å². The van der Waals surface area contributed by atoms with Gasteiger partial charge in [-0.25, -0.2) is 4.79 Å². The topological polar surface area (TPSA) is 67.0 Å². The fourth-order valence-electron chi connectivity index (χ4n) is 1.31. The standard InChI is InChI=1S/C11H11N3O2/c1-16-11(15)12-10-7-9(13-14-10)8-5-3-2-4-6-8/h2-7H,1H3,(H2,12,13,14,15). The summed E-state index contributed by atoms with van der Waals surface area (Å²) in [6.07, 6.45) is -0.536. The molecule has 2 rings (SSSR count). The number of nitrogens with zero attached hydrogens (tertiary/aromatic N) is 1. The normalized spacial score (nSPS) is 9.81. The van der Waals surface area contributed by atoms with Gasteiger partial charge in [0, 0.05) is 6.07 Å². The van der Waals surface area contributed by atoms with E-state index in [1.165, 1.54) is 7.11 Å². The fourth-order valence-corrected chi connectivity index (χ4v) is 1.31. The molecule has 2 aromatic rings.